The van der Waals surface area contributed by atoms with Crippen LogP contribution in [0.3, 0.4) is 0 Å². The first-order valence-corrected chi connectivity index (χ1v) is 6.55. The zero-order valence-electron chi connectivity index (χ0n) is 9.68. The highest BCUT2D eigenvalue weighted by Gasteiger charge is 2.09. The summed E-state index contributed by atoms with van der Waals surface area (Å²) in [4.78, 5) is 12.1. The maximum atomic E-state index is 12.1. The van der Waals surface area contributed by atoms with Gasteiger partial charge in [-0.05, 0) is 30.0 Å². The summed E-state index contributed by atoms with van der Waals surface area (Å²) >= 11 is 1.53. The largest absolute Gasteiger partial charge is 0.494 e. The van der Waals surface area contributed by atoms with Crippen LogP contribution >= 0.6 is 11.3 Å². The highest BCUT2D eigenvalue weighted by Crippen LogP contribution is 2.18. The highest BCUT2D eigenvalue weighted by atomic mass is 32.1. The van der Waals surface area contributed by atoms with E-state index in [0.717, 1.165) is 17.7 Å². The molecule has 0 fully saturated rings. The number of benzene rings is 1. The minimum atomic E-state index is 0.0493. The number of thiophene rings is 1. The number of ether oxygens (including phenoxy) is 1. The number of hydrogen-bond acceptors (Lipinski definition) is 3. The van der Waals surface area contributed by atoms with E-state index in [1.165, 1.54) is 11.3 Å². The lowest BCUT2D eigenvalue weighted by molar-refractivity contribution is 0.103. The Balaban J connectivity index is 2.18. The van der Waals surface area contributed by atoms with E-state index < -0.39 is 0 Å². The van der Waals surface area contributed by atoms with Crippen molar-refractivity contribution < 1.29 is 9.53 Å². The maximum absolute atomic E-state index is 12.1. The fourth-order valence-electron chi connectivity index (χ4n) is 1.51. The Labute approximate surface area is 105 Å². The molecule has 0 bridgehead atoms. The quantitative estimate of drug-likeness (QED) is 0.751. The lowest BCUT2D eigenvalue weighted by atomic mass is 10.1. The molecule has 2 rings (SSSR count). The fraction of sp³-hybridized carbons (Fsp3) is 0.214. The third kappa shape index (κ3) is 2.94. The van der Waals surface area contributed by atoms with Crippen molar-refractivity contribution in [2.75, 3.05) is 6.61 Å². The molecule has 1 aromatic carbocycles. The predicted molar refractivity (Wildman–Crippen MR) is 70.0 cm³/mol. The molecule has 1 heterocycles. The normalized spacial score (nSPS) is 10.2. The third-order valence-electron chi connectivity index (χ3n) is 2.35. The van der Waals surface area contributed by atoms with Crippen molar-refractivity contribution in [3.05, 3.63) is 52.2 Å². The van der Waals surface area contributed by atoms with E-state index in [4.69, 9.17) is 4.74 Å². The smallest absolute Gasteiger partial charge is 0.193 e. The number of hydrogen-bond donors (Lipinski definition) is 0. The van der Waals surface area contributed by atoms with Gasteiger partial charge >= 0.3 is 0 Å². The van der Waals surface area contributed by atoms with Gasteiger partial charge < -0.3 is 4.74 Å². The van der Waals surface area contributed by atoms with Crippen LogP contribution < -0.4 is 4.74 Å². The van der Waals surface area contributed by atoms with Crippen LogP contribution in [0.25, 0.3) is 0 Å². The van der Waals surface area contributed by atoms with Crippen LogP contribution in [-0.2, 0) is 0 Å². The van der Waals surface area contributed by atoms with Crippen molar-refractivity contribution >= 4 is 17.1 Å². The van der Waals surface area contributed by atoms with Crippen molar-refractivity contribution in [3.63, 3.8) is 0 Å². The molecule has 1 aromatic heterocycles. The molecule has 0 aliphatic carbocycles. The van der Waals surface area contributed by atoms with E-state index in [0.29, 0.717) is 12.2 Å². The first-order chi connectivity index (χ1) is 8.31. The van der Waals surface area contributed by atoms with Gasteiger partial charge in [-0.1, -0.05) is 19.1 Å². The van der Waals surface area contributed by atoms with Crippen LogP contribution in [0.4, 0.5) is 0 Å². The second kappa shape index (κ2) is 5.64. The van der Waals surface area contributed by atoms with Crippen LogP contribution in [0, 0.1) is 0 Å². The third-order valence-corrected chi connectivity index (χ3v) is 3.04. The summed E-state index contributed by atoms with van der Waals surface area (Å²) in [6.07, 6.45) is 0.961. The van der Waals surface area contributed by atoms with Gasteiger partial charge in [0, 0.05) is 16.5 Å². The topological polar surface area (TPSA) is 26.3 Å². The van der Waals surface area contributed by atoms with Crippen molar-refractivity contribution in [2.24, 2.45) is 0 Å². The summed E-state index contributed by atoms with van der Waals surface area (Å²) in [5.41, 5.74) is 1.42. The molecule has 0 saturated carbocycles. The van der Waals surface area contributed by atoms with Gasteiger partial charge in [0.15, 0.2) is 5.78 Å². The molecule has 0 spiro atoms. The minimum absolute atomic E-state index is 0.0493. The van der Waals surface area contributed by atoms with E-state index in [2.05, 4.69) is 6.92 Å². The van der Waals surface area contributed by atoms with Gasteiger partial charge in [-0.2, -0.15) is 11.3 Å². The van der Waals surface area contributed by atoms with Crippen molar-refractivity contribution in [1.82, 2.24) is 0 Å². The monoisotopic (exact) mass is 246 g/mol. The molecule has 0 atom stereocenters. The lowest BCUT2D eigenvalue weighted by Crippen LogP contribution is -2.01. The summed E-state index contributed by atoms with van der Waals surface area (Å²) in [6, 6.07) is 9.19. The minimum Gasteiger partial charge on any atom is -0.494 e. The molecule has 2 aromatic rings. The lowest BCUT2D eigenvalue weighted by Gasteiger charge is -2.05. The van der Waals surface area contributed by atoms with Gasteiger partial charge in [0.1, 0.15) is 5.75 Å². The van der Waals surface area contributed by atoms with Gasteiger partial charge in [-0.15, -0.1) is 0 Å². The zero-order valence-corrected chi connectivity index (χ0v) is 10.5. The van der Waals surface area contributed by atoms with Gasteiger partial charge in [0.25, 0.3) is 0 Å². The van der Waals surface area contributed by atoms with Crippen molar-refractivity contribution in [1.29, 1.82) is 0 Å². The van der Waals surface area contributed by atoms with E-state index in [1.54, 1.807) is 6.07 Å². The maximum Gasteiger partial charge on any atom is 0.193 e. The van der Waals surface area contributed by atoms with Gasteiger partial charge in [0.05, 0.1) is 6.61 Å². The van der Waals surface area contributed by atoms with Crippen LogP contribution in [0.2, 0.25) is 0 Å². The molecule has 0 radical (unpaired) electrons. The Kier molecular flexibility index (Phi) is 3.94. The summed E-state index contributed by atoms with van der Waals surface area (Å²) in [5, 5.41) is 3.77. The molecule has 2 nitrogen and oxygen atoms in total. The number of rotatable bonds is 5. The molecular formula is C14H14O2S. The standard InChI is InChI=1S/C14H14O2S/c1-2-7-16-13-5-3-4-11(9-13)14(15)12-6-8-17-10-12/h3-6,8-10H,2,7H2,1H3. The molecule has 3 heteroatoms. The first-order valence-electron chi connectivity index (χ1n) is 5.61. The number of carbonyl (C=O) groups is 1. The van der Waals surface area contributed by atoms with Gasteiger partial charge in [0.2, 0.25) is 0 Å². The van der Waals surface area contributed by atoms with Crippen molar-refractivity contribution in [2.45, 2.75) is 13.3 Å². The van der Waals surface area contributed by atoms with Crippen LogP contribution in [-0.4, -0.2) is 12.4 Å². The molecule has 0 N–H and O–H groups in total. The van der Waals surface area contributed by atoms with Gasteiger partial charge in [-0.3, -0.25) is 4.79 Å². The van der Waals surface area contributed by atoms with Crippen LogP contribution in [0.5, 0.6) is 5.75 Å². The molecule has 88 valence electrons. The van der Waals surface area contributed by atoms with E-state index in [1.807, 2.05) is 35.0 Å². The van der Waals surface area contributed by atoms with Crippen LogP contribution in [0.15, 0.2) is 41.1 Å². The summed E-state index contributed by atoms with van der Waals surface area (Å²) in [6.45, 7) is 2.73. The average molecular weight is 246 g/mol. The number of carbonyl (C=O) groups excluding carboxylic acids is 1. The Morgan fingerprint density at radius 2 is 2.18 bits per heavy atom. The molecule has 0 unspecified atom stereocenters. The Morgan fingerprint density at radius 1 is 1.29 bits per heavy atom. The van der Waals surface area contributed by atoms with Crippen molar-refractivity contribution in [3.8, 4) is 5.75 Å². The first kappa shape index (κ1) is 11.9. The second-order valence-corrected chi connectivity index (χ2v) is 4.50. The zero-order chi connectivity index (χ0) is 12.1. The van der Waals surface area contributed by atoms with Crippen LogP contribution in [0.1, 0.15) is 29.3 Å². The predicted octanol–water partition coefficient (Wildman–Crippen LogP) is 3.77. The molecule has 0 aliphatic rings. The Bertz CT molecular complexity index is 489. The Morgan fingerprint density at radius 3 is 2.88 bits per heavy atom. The molecule has 0 amide bonds. The highest BCUT2D eigenvalue weighted by molar-refractivity contribution is 7.08. The van der Waals surface area contributed by atoms with E-state index in [9.17, 15) is 4.79 Å². The SMILES string of the molecule is CCCOc1cccc(C(=O)c2ccsc2)c1. The van der Waals surface area contributed by atoms with Gasteiger partial charge in [-0.25, -0.2) is 0 Å². The fourth-order valence-corrected chi connectivity index (χ4v) is 2.14. The second-order valence-electron chi connectivity index (χ2n) is 3.72. The summed E-state index contributed by atoms with van der Waals surface area (Å²) < 4.78 is 5.51. The van der Waals surface area contributed by atoms with E-state index >= 15 is 0 Å². The summed E-state index contributed by atoms with van der Waals surface area (Å²) in [7, 11) is 0. The summed E-state index contributed by atoms with van der Waals surface area (Å²) in [5.74, 6) is 0.807. The Hall–Kier alpha value is -1.61. The molecule has 17 heavy (non-hydrogen) atoms. The molecule has 0 saturated heterocycles. The molecular weight excluding hydrogens is 232 g/mol. The average Bonchev–Trinajstić information content (AvgIpc) is 2.89. The van der Waals surface area contributed by atoms with E-state index in [-0.39, 0.29) is 5.78 Å². The molecule has 0 aliphatic heterocycles. The number of ketones is 1.